The van der Waals surface area contributed by atoms with Gasteiger partial charge in [-0.05, 0) is 78.5 Å². The standard InChI is InChI=1S/C25H19N2O.C18H24NSi.Ir/c1-15-10-12-21(26-14-15)20-9-5-8-18-19-11-13-22(27-25(19)28-24(18)20)23-16(2)6-4-7-17(23)3;1-14(2)11-16-12-17(15-9-7-6-8-10-15)19-13-18(16)20(3,4)5;/h4-8,10-14H,1-3H3;6-9,12-14H,11H2,1-5H3;/q2*-1;. The number of hydrogen-bond donors (Lipinski definition) is 0. The third-order valence-electron chi connectivity index (χ3n) is 8.61. The van der Waals surface area contributed by atoms with Crippen LogP contribution in [-0.2, 0) is 26.5 Å². The number of hydrogen-bond acceptors (Lipinski definition) is 4. The maximum Gasteiger partial charge on any atom is 0.216 e. The van der Waals surface area contributed by atoms with Gasteiger partial charge in [-0.3, -0.25) is 0 Å². The van der Waals surface area contributed by atoms with Crippen molar-refractivity contribution in [3.8, 4) is 33.8 Å². The second-order valence-corrected chi connectivity index (χ2v) is 19.1. The van der Waals surface area contributed by atoms with Crippen LogP contribution < -0.4 is 5.19 Å². The summed E-state index contributed by atoms with van der Waals surface area (Å²) in [7, 11) is -1.34. The second kappa shape index (κ2) is 15.1. The molecule has 0 saturated heterocycles. The number of aromatic nitrogens is 3. The van der Waals surface area contributed by atoms with Crippen LogP contribution in [0.3, 0.4) is 0 Å². The molecule has 0 aliphatic rings. The smallest absolute Gasteiger partial charge is 0.216 e. The van der Waals surface area contributed by atoms with Crippen LogP contribution in [-0.4, -0.2) is 23.0 Å². The molecule has 1 radical (unpaired) electrons. The fraction of sp³-hybridized carbons (Fsp3) is 0.233. The van der Waals surface area contributed by atoms with Gasteiger partial charge in [0.05, 0.1) is 19.4 Å². The predicted octanol–water partition coefficient (Wildman–Crippen LogP) is 10.7. The molecule has 0 unspecified atom stereocenters. The predicted molar refractivity (Wildman–Crippen MR) is 203 cm³/mol. The average Bonchev–Trinajstić information content (AvgIpc) is 3.43. The van der Waals surface area contributed by atoms with E-state index in [-0.39, 0.29) is 20.1 Å². The van der Waals surface area contributed by atoms with E-state index in [1.807, 2.05) is 49.5 Å². The number of pyridine rings is 3. The maximum atomic E-state index is 6.23. The molecule has 7 aromatic rings. The van der Waals surface area contributed by atoms with Crippen molar-refractivity contribution in [3.63, 3.8) is 0 Å². The molecule has 251 valence electrons. The summed E-state index contributed by atoms with van der Waals surface area (Å²) < 4.78 is 6.23. The third-order valence-corrected chi connectivity index (χ3v) is 10.7. The molecule has 49 heavy (non-hydrogen) atoms. The molecule has 0 N–H and O–H groups in total. The van der Waals surface area contributed by atoms with E-state index in [0.717, 1.165) is 62.1 Å². The Labute approximate surface area is 305 Å². The minimum atomic E-state index is -1.34. The summed E-state index contributed by atoms with van der Waals surface area (Å²) in [4.78, 5) is 14.1. The Balaban J connectivity index is 0.000000199. The largest absolute Gasteiger partial charge is 0.486 e. The first kappa shape index (κ1) is 36.1. The summed E-state index contributed by atoms with van der Waals surface area (Å²) in [5.41, 5.74) is 12.4. The van der Waals surface area contributed by atoms with Crippen LogP contribution in [0.5, 0.6) is 0 Å². The van der Waals surface area contributed by atoms with Crippen LogP contribution in [0.1, 0.15) is 36.1 Å². The number of fused-ring (bicyclic) bond motifs is 3. The molecule has 0 aliphatic heterocycles. The van der Waals surface area contributed by atoms with Crippen LogP contribution in [0, 0.1) is 38.8 Å². The van der Waals surface area contributed by atoms with Gasteiger partial charge in [0, 0.05) is 43.4 Å². The van der Waals surface area contributed by atoms with Gasteiger partial charge in [-0.2, -0.15) is 0 Å². The zero-order chi connectivity index (χ0) is 34.0. The van der Waals surface area contributed by atoms with E-state index in [9.17, 15) is 0 Å². The topological polar surface area (TPSA) is 51.8 Å². The fourth-order valence-electron chi connectivity index (χ4n) is 6.27. The number of furan rings is 1. The number of aryl methyl sites for hydroxylation is 3. The maximum absolute atomic E-state index is 6.23. The summed E-state index contributed by atoms with van der Waals surface area (Å²) in [6.45, 7) is 18.0. The summed E-state index contributed by atoms with van der Waals surface area (Å²) in [5.74, 6) is 0.667. The molecule has 0 saturated carbocycles. The third kappa shape index (κ3) is 7.99. The molecule has 0 aliphatic carbocycles. The second-order valence-electron chi connectivity index (χ2n) is 14.1. The quantitative estimate of drug-likeness (QED) is 0.124. The van der Waals surface area contributed by atoms with Gasteiger partial charge in [0.15, 0.2) is 0 Å². The van der Waals surface area contributed by atoms with E-state index in [0.29, 0.717) is 11.6 Å². The first-order valence-corrected chi connectivity index (χ1v) is 20.2. The van der Waals surface area contributed by atoms with Crippen molar-refractivity contribution in [2.75, 3.05) is 0 Å². The molecule has 0 bridgehead atoms. The molecular weight excluding hydrogens is 795 g/mol. The van der Waals surface area contributed by atoms with Crippen molar-refractivity contribution in [1.29, 1.82) is 0 Å². The number of nitrogens with zero attached hydrogens (tertiary/aromatic N) is 3. The Morgan fingerprint density at radius 1 is 0.735 bits per heavy atom. The normalized spacial score (nSPS) is 11.4. The van der Waals surface area contributed by atoms with Crippen LogP contribution in [0.2, 0.25) is 19.6 Å². The first-order valence-electron chi connectivity index (χ1n) is 16.7. The van der Waals surface area contributed by atoms with Crippen molar-refractivity contribution in [3.05, 3.63) is 132 Å². The zero-order valence-corrected chi connectivity index (χ0v) is 33.0. The summed E-state index contributed by atoms with van der Waals surface area (Å²) in [6, 6.07) is 35.4. The first-order chi connectivity index (χ1) is 23.0. The SMILES string of the molecule is CC(C)Cc1cc(-c2[c-]cccc2)ncc1[Si](C)(C)C.Cc1ccc(-c2[c-]ccc3c2oc2nc(-c4c(C)cccc4C)ccc23)nc1.[Ir]. The molecule has 0 amide bonds. The van der Waals surface area contributed by atoms with Crippen molar-refractivity contribution in [2.45, 2.75) is 60.7 Å². The van der Waals surface area contributed by atoms with Crippen molar-refractivity contribution < 1.29 is 24.5 Å². The summed E-state index contributed by atoms with van der Waals surface area (Å²) in [6.07, 6.45) is 5.10. The van der Waals surface area contributed by atoms with E-state index >= 15 is 0 Å². The van der Waals surface area contributed by atoms with Crippen molar-refractivity contribution >= 4 is 35.3 Å². The number of benzene rings is 3. The van der Waals surface area contributed by atoms with Crippen LogP contribution in [0.25, 0.3) is 55.8 Å². The Kier molecular flexibility index (Phi) is 11.1. The van der Waals surface area contributed by atoms with Gasteiger partial charge >= 0.3 is 0 Å². The van der Waals surface area contributed by atoms with E-state index in [1.165, 1.54) is 21.9 Å². The molecule has 4 nitrogen and oxygen atoms in total. The van der Waals surface area contributed by atoms with Gasteiger partial charge in [-0.25, -0.2) is 4.98 Å². The van der Waals surface area contributed by atoms with Crippen LogP contribution >= 0.6 is 0 Å². The molecule has 7 rings (SSSR count). The van der Waals surface area contributed by atoms with E-state index in [1.54, 1.807) is 0 Å². The Morgan fingerprint density at radius 3 is 2.12 bits per heavy atom. The average molecular weight is 838 g/mol. The Morgan fingerprint density at radius 2 is 1.47 bits per heavy atom. The number of rotatable bonds is 6. The van der Waals surface area contributed by atoms with Gasteiger partial charge in [0.1, 0.15) is 0 Å². The molecule has 0 atom stereocenters. The van der Waals surface area contributed by atoms with E-state index in [4.69, 9.17) is 9.40 Å². The molecule has 3 aromatic carbocycles. The minimum absolute atomic E-state index is 0. The van der Waals surface area contributed by atoms with Gasteiger partial charge in [-0.1, -0.05) is 86.4 Å². The van der Waals surface area contributed by atoms with E-state index < -0.39 is 8.07 Å². The fourth-order valence-corrected chi connectivity index (χ4v) is 7.86. The van der Waals surface area contributed by atoms with Gasteiger partial charge < -0.3 is 14.4 Å². The molecule has 0 fully saturated rings. The Hall–Kier alpha value is -4.22. The molecule has 4 heterocycles. The minimum Gasteiger partial charge on any atom is -0.486 e. The van der Waals surface area contributed by atoms with Gasteiger partial charge in [0.2, 0.25) is 5.71 Å². The van der Waals surface area contributed by atoms with Crippen molar-refractivity contribution in [1.82, 2.24) is 15.0 Å². The van der Waals surface area contributed by atoms with Crippen LogP contribution in [0.4, 0.5) is 0 Å². The summed E-state index contributed by atoms with van der Waals surface area (Å²) in [5, 5.41) is 3.53. The molecule has 6 heteroatoms. The molecule has 4 aromatic heterocycles. The van der Waals surface area contributed by atoms with Gasteiger partial charge in [0.25, 0.3) is 0 Å². The summed E-state index contributed by atoms with van der Waals surface area (Å²) >= 11 is 0. The molecule has 0 spiro atoms. The monoisotopic (exact) mass is 838 g/mol. The van der Waals surface area contributed by atoms with Crippen LogP contribution in [0.15, 0.2) is 102 Å². The molecular formula is C43H43IrN3OSi-2. The van der Waals surface area contributed by atoms with E-state index in [2.05, 4.69) is 124 Å². The van der Waals surface area contributed by atoms with Crippen molar-refractivity contribution in [2.24, 2.45) is 5.92 Å². The van der Waals surface area contributed by atoms with Gasteiger partial charge in [-0.15, -0.1) is 54.1 Å². The zero-order valence-electron chi connectivity index (χ0n) is 29.6. The Bertz CT molecular complexity index is 2180.